The van der Waals surface area contributed by atoms with Crippen LogP contribution in [-0.2, 0) is 4.43 Å². The van der Waals surface area contributed by atoms with Crippen LogP contribution in [0.4, 0.5) is 0 Å². The molecule has 3 nitrogen and oxygen atoms in total. The Labute approximate surface area is 140 Å². The lowest BCUT2D eigenvalue weighted by Crippen LogP contribution is -2.83. The lowest BCUT2D eigenvalue weighted by Gasteiger charge is -2.63. The molecule has 22 heavy (non-hydrogen) atoms. The predicted octanol–water partition coefficient (Wildman–Crippen LogP) is 3.64. The van der Waals surface area contributed by atoms with Crippen molar-refractivity contribution < 1.29 is 4.43 Å². The van der Waals surface area contributed by atoms with Crippen molar-refractivity contribution in [1.29, 1.82) is 0 Å². The molecule has 3 rings (SSSR count). The molecule has 0 saturated carbocycles. The summed E-state index contributed by atoms with van der Waals surface area (Å²) in [6, 6.07) is 1.36. The number of rotatable bonds is 2. The van der Waals surface area contributed by atoms with Crippen molar-refractivity contribution in [2.45, 2.75) is 76.9 Å². The standard InChI is InChI=1S/C16H36N2OSi3/c1-20(2)15-16(17-11-7-8-12-17,18-13-9-10-14-18)19-21(3,4)22(20,5)6/h7-15H2,1-6H3. The van der Waals surface area contributed by atoms with E-state index >= 15 is 0 Å². The fourth-order valence-electron chi connectivity index (χ4n) is 4.87. The average Bonchev–Trinajstić information content (AvgIpc) is 3.09. The van der Waals surface area contributed by atoms with Crippen molar-refractivity contribution in [3.8, 4) is 0 Å². The summed E-state index contributed by atoms with van der Waals surface area (Å²) in [7, 11) is -4.07. The lowest BCUT2D eigenvalue weighted by atomic mass is 10.3. The number of hydrogen-bond acceptors (Lipinski definition) is 3. The van der Waals surface area contributed by atoms with Gasteiger partial charge in [0.15, 0.2) is 13.7 Å². The molecule has 0 aromatic rings. The summed E-state index contributed by atoms with van der Waals surface area (Å²) < 4.78 is 7.27. The molecule has 0 aromatic carbocycles. The fourth-order valence-corrected chi connectivity index (χ4v) is 34.2. The Bertz CT molecular complexity index is 389. The Morgan fingerprint density at radius 2 is 1.14 bits per heavy atom. The lowest BCUT2D eigenvalue weighted by molar-refractivity contribution is -0.174. The molecule has 3 aliphatic heterocycles. The zero-order valence-corrected chi connectivity index (χ0v) is 18.7. The quantitative estimate of drug-likeness (QED) is 0.703. The molecule has 0 spiro atoms. The normalized spacial score (nSPS) is 34.1. The predicted molar refractivity (Wildman–Crippen MR) is 103 cm³/mol. The van der Waals surface area contributed by atoms with Crippen molar-refractivity contribution in [2.24, 2.45) is 0 Å². The van der Waals surface area contributed by atoms with Crippen LogP contribution in [0.2, 0.25) is 45.3 Å². The smallest absolute Gasteiger partial charge is 0.175 e. The van der Waals surface area contributed by atoms with Crippen LogP contribution in [0.5, 0.6) is 0 Å². The van der Waals surface area contributed by atoms with E-state index in [1.54, 1.807) is 0 Å². The molecule has 0 aromatic heterocycles. The van der Waals surface area contributed by atoms with Crippen LogP contribution in [0.3, 0.4) is 0 Å². The Morgan fingerprint density at radius 3 is 1.50 bits per heavy atom. The van der Waals surface area contributed by atoms with Crippen LogP contribution in [0, 0.1) is 0 Å². The van der Waals surface area contributed by atoms with Crippen LogP contribution >= 0.6 is 0 Å². The van der Waals surface area contributed by atoms with Gasteiger partial charge in [-0.2, -0.15) is 0 Å². The summed E-state index contributed by atoms with van der Waals surface area (Å²) in [6.07, 6.45) is 5.46. The first kappa shape index (κ1) is 17.4. The second kappa shape index (κ2) is 5.52. The molecule has 3 heterocycles. The molecule has 0 bridgehead atoms. The first-order valence-corrected chi connectivity index (χ1v) is 20.4. The van der Waals surface area contributed by atoms with E-state index < -0.39 is 22.5 Å². The Balaban J connectivity index is 2.02. The largest absolute Gasteiger partial charge is 0.391 e. The van der Waals surface area contributed by atoms with Gasteiger partial charge in [0, 0.05) is 33.8 Å². The molecule has 0 atom stereocenters. The molecule has 3 fully saturated rings. The van der Waals surface area contributed by atoms with E-state index in [0.29, 0.717) is 0 Å². The van der Waals surface area contributed by atoms with E-state index in [-0.39, 0.29) is 5.85 Å². The Hall–Kier alpha value is 0.531. The molecule has 6 heteroatoms. The van der Waals surface area contributed by atoms with Crippen LogP contribution in [0.15, 0.2) is 0 Å². The molecular formula is C16H36N2OSi3. The van der Waals surface area contributed by atoms with Gasteiger partial charge in [-0.25, -0.2) is 0 Å². The van der Waals surface area contributed by atoms with E-state index in [2.05, 4.69) is 49.1 Å². The summed E-state index contributed by atoms with van der Waals surface area (Å²) in [6.45, 7) is 20.8. The fraction of sp³-hybridized carbons (Fsp3) is 1.00. The average molecular weight is 357 g/mol. The summed E-state index contributed by atoms with van der Waals surface area (Å²) in [5.41, 5.74) is 0. The first-order valence-electron chi connectivity index (χ1n) is 9.33. The third-order valence-electron chi connectivity index (χ3n) is 7.49. The van der Waals surface area contributed by atoms with Gasteiger partial charge < -0.3 is 4.43 Å². The molecule has 0 radical (unpaired) electrons. The van der Waals surface area contributed by atoms with Crippen molar-refractivity contribution >= 4 is 22.5 Å². The SMILES string of the molecule is C[Si]1(C)CC(N2CCCC2)(N2CCCC2)O[Si](C)(C)[Si]1(C)C. The topological polar surface area (TPSA) is 15.7 Å². The zero-order chi connectivity index (χ0) is 16.2. The molecule has 0 unspecified atom stereocenters. The van der Waals surface area contributed by atoms with Crippen LogP contribution in [-0.4, -0.2) is 64.4 Å². The minimum atomic E-state index is -1.61. The van der Waals surface area contributed by atoms with E-state index in [0.717, 1.165) is 0 Å². The van der Waals surface area contributed by atoms with E-state index in [1.807, 2.05) is 0 Å². The highest BCUT2D eigenvalue weighted by atomic mass is 29.6. The highest BCUT2D eigenvalue weighted by molar-refractivity contribution is 7.67. The Kier molecular flexibility index (Phi) is 4.36. The molecule has 3 saturated heterocycles. The number of hydrogen-bond donors (Lipinski definition) is 0. The summed E-state index contributed by atoms with van der Waals surface area (Å²) in [5, 5.41) is 0. The van der Waals surface area contributed by atoms with Crippen LogP contribution < -0.4 is 0 Å². The van der Waals surface area contributed by atoms with E-state index in [4.69, 9.17) is 4.43 Å². The molecule has 0 amide bonds. The van der Waals surface area contributed by atoms with Gasteiger partial charge in [-0.1, -0.05) is 26.2 Å². The maximum Gasteiger partial charge on any atom is 0.175 e. The van der Waals surface area contributed by atoms with Crippen LogP contribution in [0.1, 0.15) is 25.7 Å². The highest BCUT2D eigenvalue weighted by Gasteiger charge is 2.65. The molecular weight excluding hydrogens is 320 g/mol. The summed E-state index contributed by atoms with van der Waals surface area (Å²) >= 11 is 0. The Morgan fingerprint density at radius 1 is 0.727 bits per heavy atom. The van der Waals surface area contributed by atoms with Crippen LogP contribution in [0.25, 0.3) is 0 Å². The maximum atomic E-state index is 7.27. The molecule has 0 N–H and O–H groups in total. The zero-order valence-electron chi connectivity index (χ0n) is 15.7. The van der Waals surface area contributed by atoms with Gasteiger partial charge in [0.2, 0.25) is 0 Å². The third kappa shape index (κ3) is 2.45. The highest BCUT2D eigenvalue weighted by Crippen LogP contribution is 2.48. The van der Waals surface area contributed by atoms with Crippen molar-refractivity contribution in [2.75, 3.05) is 26.2 Å². The summed E-state index contributed by atoms with van der Waals surface area (Å²) in [4.78, 5) is 5.51. The number of nitrogens with zero attached hydrogens (tertiary/aromatic N) is 2. The van der Waals surface area contributed by atoms with Crippen molar-refractivity contribution in [3.63, 3.8) is 0 Å². The van der Waals surface area contributed by atoms with Gasteiger partial charge in [0.05, 0.1) is 7.11 Å². The maximum absolute atomic E-state index is 7.27. The minimum Gasteiger partial charge on any atom is -0.391 e. The second-order valence-corrected chi connectivity index (χ2v) is 36.7. The second-order valence-electron chi connectivity index (χ2n) is 9.43. The monoisotopic (exact) mass is 356 g/mol. The first-order chi connectivity index (χ1) is 10.1. The van der Waals surface area contributed by atoms with Crippen molar-refractivity contribution in [1.82, 2.24) is 9.80 Å². The van der Waals surface area contributed by atoms with Gasteiger partial charge >= 0.3 is 0 Å². The third-order valence-corrected chi connectivity index (χ3v) is 47.6. The van der Waals surface area contributed by atoms with Gasteiger partial charge in [0.25, 0.3) is 0 Å². The van der Waals surface area contributed by atoms with Gasteiger partial charge in [-0.15, -0.1) is 0 Å². The molecule has 3 aliphatic rings. The van der Waals surface area contributed by atoms with Crippen molar-refractivity contribution in [3.05, 3.63) is 0 Å². The van der Waals surface area contributed by atoms with E-state index in [1.165, 1.54) is 57.9 Å². The molecule has 128 valence electrons. The summed E-state index contributed by atoms with van der Waals surface area (Å²) in [5.74, 6) is -0.0129. The van der Waals surface area contributed by atoms with Gasteiger partial charge in [0.1, 0.15) is 0 Å². The minimum absolute atomic E-state index is 0.0129. The van der Waals surface area contributed by atoms with E-state index in [9.17, 15) is 0 Å². The number of likely N-dealkylation sites (tertiary alicyclic amines) is 2. The molecule has 0 aliphatic carbocycles. The van der Waals surface area contributed by atoms with Gasteiger partial charge in [-0.3, -0.25) is 9.80 Å². The van der Waals surface area contributed by atoms with Gasteiger partial charge in [-0.05, 0) is 44.8 Å².